The van der Waals surface area contributed by atoms with Crippen LogP contribution in [0.1, 0.15) is 59.8 Å². The maximum Gasteiger partial charge on any atom is 0.245 e. The van der Waals surface area contributed by atoms with Crippen LogP contribution in [0, 0.1) is 0 Å². The Morgan fingerprint density at radius 1 is 0.625 bits per heavy atom. The van der Waals surface area contributed by atoms with E-state index in [4.69, 9.17) is 9.97 Å². The molecule has 4 heterocycles. The largest absolute Gasteiger partial charge is 0.340 e. The van der Waals surface area contributed by atoms with E-state index < -0.39 is 0 Å². The number of amides is 2. The van der Waals surface area contributed by atoms with Gasteiger partial charge in [0.25, 0.3) is 0 Å². The molecule has 2 aliphatic heterocycles. The second-order valence-electron chi connectivity index (χ2n) is 15.1. The molecule has 10 heteroatoms. The highest BCUT2D eigenvalue weighted by Crippen LogP contribution is 2.36. The summed E-state index contributed by atoms with van der Waals surface area (Å²) < 4.78 is 0. The molecule has 2 N–H and O–H groups in total. The fourth-order valence-electron chi connectivity index (χ4n) is 8.18. The van der Waals surface area contributed by atoms with Crippen molar-refractivity contribution in [2.24, 2.45) is 0 Å². The topological polar surface area (TPSA) is 104 Å². The molecule has 4 aromatic carbocycles. The summed E-state index contributed by atoms with van der Waals surface area (Å²) in [5.74, 6) is 1.71. The van der Waals surface area contributed by atoms with Gasteiger partial charge in [0.1, 0.15) is 29.8 Å². The van der Waals surface area contributed by atoms with Crippen molar-refractivity contribution >= 4 is 11.8 Å². The summed E-state index contributed by atoms with van der Waals surface area (Å²) >= 11 is 0. The number of H-pyrrole nitrogens is 2. The van der Waals surface area contributed by atoms with Gasteiger partial charge in [-0.15, -0.1) is 0 Å². The predicted molar refractivity (Wildman–Crippen MR) is 220 cm³/mol. The van der Waals surface area contributed by atoms with Crippen LogP contribution >= 0.6 is 0 Å². The van der Waals surface area contributed by atoms with Gasteiger partial charge in [0.05, 0.1) is 29.8 Å². The van der Waals surface area contributed by atoms with Gasteiger partial charge in [-0.05, 0) is 74.4 Å². The summed E-state index contributed by atoms with van der Waals surface area (Å²) in [4.78, 5) is 52.2. The Hall–Kier alpha value is -6.10. The number of rotatable bonds is 11. The number of likely N-dealkylation sites (tertiary alicyclic amines) is 1. The molecule has 0 radical (unpaired) electrons. The van der Waals surface area contributed by atoms with E-state index in [-0.39, 0.29) is 36.0 Å². The summed E-state index contributed by atoms with van der Waals surface area (Å²) in [6.45, 7) is 1.26. The van der Waals surface area contributed by atoms with Crippen molar-refractivity contribution in [2.45, 2.75) is 37.0 Å². The van der Waals surface area contributed by atoms with Crippen LogP contribution in [-0.4, -0.2) is 92.6 Å². The first-order chi connectivity index (χ1) is 27.3. The number of imidazole rings is 2. The molecular weight excluding hydrogens is 697 g/mol. The molecule has 0 spiro atoms. The second kappa shape index (κ2) is 15.9. The first kappa shape index (κ1) is 36.9. The van der Waals surface area contributed by atoms with Crippen LogP contribution in [0.4, 0.5) is 0 Å². The standard InChI is InChI=1S/C46H48N8O2/c1-51(2)41(35-13-7-5-8-14-35)45(55)53-27-11-17-39(53)43-47-29-37(49-43)33-23-19-31(20-24-33)32-21-25-34(26-22-32)38-30-48-44(50-38)40-18-12-28-54(40)46(56)42(52(3)4)36-15-9-6-10-16-36/h5-11,13-17,19-26,29-30,39-42H,12,18,27-28H2,1-4H3,(H,47,49)(H,48,50)/t39-,40-,41?,42+/m0/s1. The van der Waals surface area contributed by atoms with Gasteiger partial charge < -0.3 is 19.8 Å². The zero-order valence-electron chi connectivity index (χ0n) is 32.3. The number of hydrogen-bond acceptors (Lipinski definition) is 6. The fourth-order valence-corrected chi connectivity index (χ4v) is 8.18. The minimum Gasteiger partial charge on any atom is -0.340 e. The maximum atomic E-state index is 13.9. The molecule has 284 valence electrons. The van der Waals surface area contributed by atoms with Gasteiger partial charge in [-0.25, -0.2) is 9.97 Å². The third-order valence-electron chi connectivity index (χ3n) is 11.0. The van der Waals surface area contributed by atoms with Crippen LogP contribution in [-0.2, 0) is 9.59 Å². The highest BCUT2D eigenvalue weighted by molar-refractivity contribution is 5.85. The number of aromatic nitrogens is 4. The van der Waals surface area contributed by atoms with Crippen molar-refractivity contribution in [3.63, 3.8) is 0 Å². The molecule has 2 amide bonds. The van der Waals surface area contributed by atoms with E-state index >= 15 is 0 Å². The minimum absolute atomic E-state index is 0.0438. The molecule has 4 atom stereocenters. The Morgan fingerprint density at radius 3 is 1.61 bits per heavy atom. The van der Waals surface area contributed by atoms with Crippen LogP contribution in [0.2, 0.25) is 0 Å². The van der Waals surface area contributed by atoms with E-state index in [0.29, 0.717) is 6.54 Å². The summed E-state index contributed by atoms with van der Waals surface area (Å²) in [5, 5.41) is 0. The zero-order chi connectivity index (χ0) is 38.8. The number of carbonyl (C=O) groups is 2. The van der Waals surface area contributed by atoms with Gasteiger partial charge in [-0.1, -0.05) is 121 Å². The van der Waals surface area contributed by atoms with Crippen molar-refractivity contribution in [3.8, 4) is 33.6 Å². The van der Waals surface area contributed by atoms with Crippen LogP contribution in [0.3, 0.4) is 0 Å². The van der Waals surface area contributed by atoms with E-state index in [2.05, 4.69) is 58.5 Å². The van der Waals surface area contributed by atoms with Crippen molar-refractivity contribution < 1.29 is 9.59 Å². The Kier molecular flexibility index (Phi) is 10.5. The molecule has 1 fully saturated rings. The molecule has 56 heavy (non-hydrogen) atoms. The number of nitrogens with zero attached hydrogens (tertiary/aromatic N) is 6. The normalized spacial score (nSPS) is 17.9. The molecule has 10 nitrogen and oxygen atoms in total. The summed E-state index contributed by atoms with van der Waals surface area (Å²) in [6, 6.07) is 35.7. The molecular formula is C46H48N8O2. The van der Waals surface area contributed by atoms with E-state index in [1.807, 2.05) is 133 Å². The third kappa shape index (κ3) is 7.33. The minimum atomic E-state index is -0.381. The van der Waals surface area contributed by atoms with E-state index in [1.54, 1.807) is 0 Å². The number of likely N-dealkylation sites (N-methyl/N-ethyl adjacent to an activating group) is 2. The fraction of sp³-hybridized carbons (Fsp3) is 0.261. The molecule has 2 aliphatic rings. The van der Waals surface area contributed by atoms with Crippen LogP contribution < -0.4 is 0 Å². The first-order valence-corrected chi connectivity index (χ1v) is 19.3. The zero-order valence-corrected chi connectivity index (χ0v) is 32.3. The molecule has 6 aromatic rings. The summed E-state index contributed by atoms with van der Waals surface area (Å²) in [5.41, 5.74) is 8.05. The number of hydrogen-bond donors (Lipinski definition) is 2. The van der Waals surface area contributed by atoms with Crippen LogP contribution in [0.25, 0.3) is 33.6 Å². The van der Waals surface area contributed by atoms with Crippen LogP contribution in [0.5, 0.6) is 0 Å². The highest BCUT2D eigenvalue weighted by Gasteiger charge is 2.37. The Labute approximate surface area is 328 Å². The highest BCUT2D eigenvalue weighted by atomic mass is 16.2. The molecule has 2 aromatic heterocycles. The van der Waals surface area contributed by atoms with Crippen molar-refractivity contribution in [1.82, 2.24) is 39.5 Å². The van der Waals surface area contributed by atoms with Crippen molar-refractivity contribution in [1.29, 1.82) is 0 Å². The molecule has 8 rings (SSSR count). The average molecular weight is 745 g/mol. The van der Waals surface area contributed by atoms with Gasteiger partial charge in [0.15, 0.2) is 0 Å². The van der Waals surface area contributed by atoms with Crippen LogP contribution in [0.15, 0.2) is 134 Å². The number of carbonyl (C=O) groups excluding carboxylic acids is 2. The number of benzene rings is 4. The third-order valence-corrected chi connectivity index (χ3v) is 11.0. The maximum absolute atomic E-state index is 13.9. The first-order valence-electron chi connectivity index (χ1n) is 19.3. The summed E-state index contributed by atoms with van der Waals surface area (Å²) in [7, 11) is 7.80. The molecule has 1 saturated heterocycles. The lowest BCUT2D eigenvalue weighted by molar-refractivity contribution is -0.138. The summed E-state index contributed by atoms with van der Waals surface area (Å²) in [6.07, 6.45) is 9.63. The molecule has 0 saturated carbocycles. The van der Waals surface area contributed by atoms with Crippen molar-refractivity contribution in [3.05, 3.63) is 157 Å². The van der Waals surface area contributed by atoms with Gasteiger partial charge >= 0.3 is 0 Å². The van der Waals surface area contributed by atoms with Gasteiger partial charge in [-0.2, -0.15) is 0 Å². The van der Waals surface area contributed by atoms with E-state index in [9.17, 15) is 9.59 Å². The Balaban J connectivity index is 0.932. The Morgan fingerprint density at radius 2 is 1.09 bits per heavy atom. The van der Waals surface area contributed by atoms with Gasteiger partial charge in [0.2, 0.25) is 11.8 Å². The number of aromatic amines is 2. The molecule has 0 bridgehead atoms. The molecule has 0 aliphatic carbocycles. The Bertz CT molecular complexity index is 2290. The smallest absolute Gasteiger partial charge is 0.245 e. The van der Waals surface area contributed by atoms with Gasteiger partial charge in [0, 0.05) is 13.1 Å². The quantitative estimate of drug-likeness (QED) is 0.131. The second-order valence-corrected chi connectivity index (χ2v) is 15.1. The predicted octanol–water partition coefficient (Wildman–Crippen LogP) is 7.84. The lowest BCUT2D eigenvalue weighted by atomic mass is 10.0. The molecule has 1 unspecified atom stereocenters. The van der Waals surface area contributed by atoms with E-state index in [1.165, 1.54) is 0 Å². The average Bonchev–Trinajstić information content (AvgIpc) is 4.06. The lowest BCUT2D eigenvalue weighted by Crippen LogP contribution is -2.40. The monoisotopic (exact) mass is 744 g/mol. The number of nitrogens with one attached hydrogen (secondary N) is 2. The SMILES string of the molecule is CN(C)C(C(=O)N1CC=C[C@H]1c1ncc(-c2ccc(-c3ccc(-c4cnc([C@@H]5CCCN5C(=O)[C@@H](c5ccccc5)N(C)C)[nH]4)cc3)cc2)[nH]1)c1ccccc1. The van der Waals surface area contributed by atoms with Crippen molar-refractivity contribution in [2.75, 3.05) is 41.3 Å². The van der Waals surface area contributed by atoms with E-state index in [0.717, 1.165) is 75.8 Å². The van der Waals surface area contributed by atoms with Gasteiger partial charge in [-0.3, -0.25) is 19.4 Å². The lowest BCUT2D eigenvalue weighted by Gasteiger charge is -2.31.